The minimum absolute atomic E-state index is 0.0401. The Hall–Kier alpha value is -1.84. The van der Waals surface area contributed by atoms with Crippen LogP contribution in [0.4, 0.5) is 0 Å². The fraction of sp³-hybridized carbons (Fsp3) is 0.316. The van der Waals surface area contributed by atoms with Gasteiger partial charge in [0.25, 0.3) is 5.91 Å². The Morgan fingerprint density at radius 3 is 2.26 bits per heavy atom. The van der Waals surface area contributed by atoms with Crippen LogP contribution in [0.3, 0.4) is 0 Å². The highest BCUT2D eigenvalue weighted by atomic mass is 35.5. The van der Waals surface area contributed by atoms with Crippen molar-refractivity contribution in [2.45, 2.75) is 6.42 Å². The van der Waals surface area contributed by atoms with Crippen LogP contribution in [0, 0.1) is 0 Å². The first kappa shape index (κ1) is 16.0. The van der Waals surface area contributed by atoms with Crippen LogP contribution in [0.2, 0.25) is 5.02 Å². The molecule has 0 bridgehead atoms. The summed E-state index contributed by atoms with van der Waals surface area (Å²) in [4.78, 5) is 16.9. The average molecular weight is 329 g/mol. The first-order valence-electron chi connectivity index (χ1n) is 8.04. The van der Waals surface area contributed by atoms with E-state index in [1.165, 1.54) is 5.56 Å². The zero-order chi connectivity index (χ0) is 16.1. The van der Waals surface area contributed by atoms with Crippen molar-refractivity contribution >= 4 is 17.5 Å². The molecule has 0 aliphatic carbocycles. The molecule has 0 radical (unpaired) electrons. The first-order valence-corrected chi connectivity index (χ1v) is 8.42. The summed E-state index contributed by atoms with van der Waals surface area (Å²) >= 11 is 6.13. The van der Waals surface area contributed by atoms with Crippen LogP contribution in [0.25, 0.3) is 0 Å². The molecular formula is C19H21ClN2O. The Morgan fingerprint density at radius 1 is 0.913 bits per heavy atom. The van der Waals surface area contributed by atoms with Crippen LogP contribution < -0.4 is 0 Å². The van der Waals surface area contributed by atoms with Gasteiger partial charge < -0.3 is 4.90 Å². The van der Waals surface area contributed by atoms with E-state index in [-0.39, 0.29) is 5.91 Å². The van der Waals surface area contributed by atoms with E-state index >= 15 is 0 Å². The number of amides is 1. The van der Waals surface area contributed by atoms with E-state index in [2.05, 4.69) is 29.2 Å². The van der Waals surface area contributed by atoms with Crippen molar-refractivity contribution < 1.29 is 4.79 Å². The van der Waals surface area contributed by atoms with E-state index in [9.17, 15) is 4.79 Å². The van der Waals surface area contributed by atoms with Gasteiger partial charge in [-0.15, -0.1) is 0 Å². The third-order valence-electron chi connectivity index (χ3n) is 4.32. The highest BCUT2D eigenvalue weighted by molar-refractivity contribution is 6.33. The third-order valence-corrected chi connectivity index (χ3v) is 4.65. The SMILES string of the molecule is O=C(c1ccccc1Cl)N1CCN(CCc2ccccc2)CC1. The van der Waals surface area contributed by atoms with E-state index in [1.54, 1.807) is 12.1 Å². The van der Waals surface area contributed by atoms with E-state index in [1.807, 2.05) is 23.1 Å². The summed E-state index contributed by atoms with van der Waals surface area (Å²) in [6.07, 6.45) is 1.05. The summed E-state index contributed by atoms with van der Waals surface area (Å²) in [5, 5.41) is 0.531. The molecule has 1 amide bonds. The first-order chi connectivity index (χ1) is 11.2. The van der Waals surface area contributed by atoms with Crippen molar-refractivity contribution in [1.82, 2.24) is 9.80 Å². The van der Waals surface area contributed by atoms with Crippen molar-refractivity contribution in [1.29, 1.82) is 0 Å². The normalized spacial score (nSPS) is 15.6. The van der Waals surface area contributed by atoms with E-state index in [0.29, 0.717) is 10.6 Å². The lowest BCUT2D eigenvalue weighted by Crippen LogP contribution is -2.49. The predicted octanol–water partition coefficient (Wildman–Crippen LogP) is 3.34. The Labute approximate surface area is 142 Å². The van der Waals surface area contributed by atoms with Crippen LogP contribution in [0.5, 0.6) is 0 Å². The largest absolute Gasteiger partial charge is 0.336 e. The Bertz CT molecular complexity index is 651. The second-order valence-corrected chi connectivity index (χ2v) is 6.26. The number of benzene rings is 2. The monoisotopic (exact) mass is 328 g/mol. The van der Waals surface area contributed by atoms with Gasteiger partial charge in [0.1, 0.15) is 0 Å². The van der Waals surface area contributed by atoms with Crippen LogP contribution in [0.15, 0.2) is 54.6 Å². The molecule has 1 aliphatic heterocycles. The summed E-state index contributed by atoms with van der Waals surface area (Å²) in [7, 11) is 0. The van der Waals surface area contributed by atoms with E-state index in [4.69, 9.17) is 11.6 Å². The fourth-order valence-corrected chi connectivity index (χ4v) is 3.13. The molecule has 0 saturated carbocycles. The van der Waals surface area contributed by atoms with Gasteiger partial charge >= 0.3 is 0 Å². The molecular weight excluding hydrogens is 308 g/mol. The Morgan fingerprint density at radius 2 is 1.57 bits per heavy atom. The number of nitrogens with zero attached hydrogens (tertiary/aromatic N) is 2. The molecule has 2 aromatic rings. The standard InChI is InChI=1S/C19H21ClN2O/c20-18-9-5-4-8-17(18)19(23)22-14-12-21(13-15-22)11-10-16-6-2-1-3-7-16/h1-9H,10-15H2. The third kappa shape index (κ3) is 4.12. The van der Waals surface area contributed by atoms with Gasteiger partial charge in [-0.2, -0.15) is 0 Å². The molecule has 120 valence electrons. The molecule has 3 rings (SSSR count). The lowest BCUT2D eigenvalue weighted by molar-refractivity contribution is 0.0638. The predicted molar refractivity (Wildman–Crippen MR) is 93.9 cm³/mol. The van der Waals surface area contributed by atoms with Crippen molar-refractivity contribution in [3.05, 3.63) is 70.7 Å². The van der Waals surface area contributed by atoms with Gasteiger partial charge in [0.2, 0.25) is 0 Å². The molecule has 1 fully saturated rings. The summed E-state index contributed by atoms with van der Waals surface area (Å²) in [6, 6.07) is 17.8. The van der Waals surface area contributed by atoms with Gasteiger partial charge in [0.05, 0.1) is 10.6 Å². The quantitative estimate of drug-likeness (QED) is 0.859. The molecule has 0 spiro atoms. The minimum Gasteiger partial charge on any atom is -0.336 e. The smallest absolute Gasteiger partial charge is 0.255 e. The molecule has 1 saturated heterocycles. The molecule has 1 heterocycles. The zero-order valence-corrected chi connectivity index (χ0v) is 13.9. The number of carbonyl (C=O) groups is 1. The highest BCUT2D eigenvalue weighted by Gasteiger charge is 2.23. The van der Waals surface area contributed by atoms with E-state index < -0.39 is 0 Å². The number of hydrogen-bond acceptors (Lipinski definition) is 2. The van der Waals surface area contributed by atoms with Crippen LogP contribution >= 0.6 is 11.6 Å². The maximum Gasteiger partial charge on any atom is 0.255 e. The Balaban J connectivity index is 1.50. The molecule has 0 N–H and O–H groups in total. The molecule has 23 heavy (non-hydrogen) atoms. The highest BCUT2D eigenvalue weighted by Crippen LogP contribution is 2.18. The minimum atomic E-state index is 0.0401. The van der Waals surface area contributed by atoms with Crippen molar-refractivity contribution in [3.8, 4) is 0 Å². The molecule has 0 aromatic heterocycles. The summed E-state index contributed by atoms with van der Waals surface area (Å²) in [5.74, 6) is 0.0401. The average Bonchev–Trinajstić information content (AvgIpc) is 2.61. The summed E-state index contributed by atoms with van der Waals surface area (Å²) in [5.41, 5.74) is 1.97. The van der Waals surface area contributed by atoms with Gasteiger partial charge in [0, 0.05) is 32.7 Å². The van der Waals surface area contributed by atoms with Crippen LogP contribution in [-0.4, -0.2) is 48.4 Å². The number of piperazine rings is 1. The molecule has 1 aliphatic rings. The van der Waals surface area contributed by atoms with Gasteiger partial charge in [-0.3, -0.25) is 9.69 Å². The number of rotatable bonds is 4. The zero-order valence-electron chi connectivity index (χ0n) is 13.1. The van der Waals surface area contributed by atoms with Gasteiger partial charge in [0.15, 0.2) is 0 Å². The Kier molecular flexibility index (Phi) is 5.31. The second kappa shape index (κ2) is 7.62. The van der Waals surface area contributed by atoms with Crippen molar-refractivity contribution in [3.63, 3.8) is 0 Å². The number of halogens is 1. The maximum absolute atomic E-state index is 12.5. The number of hydrogen-bond donors (Lipinski definition) is 0. The van der Waals surface area contributed by atoms with E-state index in [0.717, 1.165) is 39.1 Å². The molecule has 0 unspecified atom stereocenters. The second-order valence-electron chi connectivity index (χ2n) is 5.85. The van der Waals surface area contributed by atoms with Crippen LogP contribution in [0.1, 0.15) is 15.9 Å². The lowest BCUT2D eigenvalue weighted by atomic mass is 10.1. The number of carbonyl (C=O) groups excluding carboxylic acids is 1. The summed E-state index contributed by atoms with van der Waals surface area (Å²) in [6.45, 7) is 4.40. The molecule has 3 nitrogen and oxygen atoms in total. The molecule has 4 heteroatoms. The maximum atomic E-state index is 12.5. The molecule has 0 atom stereocenters. The summed E-state index contributed by atoms with van der Waals surface area (Å²) < 4.78 is 0. The molecule has 2 aromatic carbocycles. The topological polar surface area (TPSA) is 23.6 Å². The van der Waals surface area contributed by atoms with Gasteiger partial charge in [-0.25, -0.2) is 0 Å². The van der Waals surface area contributed by atoms with Crippen molar-refractivity contribution in [2.75, 3.05) is 32.7 Å². The van der Waals surface area contributed by atoms with Gasteiger partial charge in [-0.05, 0) is 24.1 Å². The van der Waals surface area contributed by atoms with Crippen LogP contribution in [-0.2, 0) is 6.42 Å². The fourth-order valence-electron chi connectivity index (χ4n) is 2.91. The van der Waals surface area contributed by atoms with Crippen molar-refractivity contribution in [2.24, 2.45) is 0 Å². The lowest BCUT2D eigenvalue weighted by Gasteiger charge is -2.35. The van der Waals surface area contributed by atoms with Gasteiger partial charge in [-0.1, -0.05) is 54.1 Å².